The molecule has 0 radical (unpaired) electrons. The Bertz CT molecular complexity index is 319. The third-order valence-electron chi connectivity index (χ3n) is 3.62. The molecule has 0 N–H and O–H groups in total. The molecule has 1 aromatic rings. The lowest BCUT2D eigenvalue weighted by Crippen LogP contribution is -2.19. The Balaban J connectivity index is 2.14. The first-order chi connectivity index (χ1) is 8.75. The first-order valence-electron chi connectivity index (χ1n) is 7.52. The van der Waals surface area contributed by atoms with Gasteiger partial charge in [0.2, 0.25) is 0 Å². The molecule has 0 bridgehead atoms. The van der Waals surface area contributed by atoms with Crippen LogP contribution >= 0.6 is 0 Å². The summed E-state index contributed by atoms with van der Waals surface area (Å²) in [4.78, 5) is 2.39. The monoisotopic (exact) mass is 247 g/mol. The number of hydrogen-bond donors (Lipinski definition) is 0. The fraction of sp³-hybridized carbons (Fsp3) is 0.647. The van der Waals surface area contributed by atoms with Crippen molar-refractivity contribution in [3.05, 3.63) is 29.8 Å². The quantitative estimate of drug-likeness (QED) is 0.543. The molecule has 1 heteroatoms. The summed E-state index contributed by atoms with van der Waals surface area (Å²) in [5.74, 6) is 0. The molecule has 0 saturated heterocycles. The number of hydrogen-bond acceptors (Lipinski definition) is 1. The summed E-state index contributed by atoms with van der Waals surface area (Å²) in [7, 11) is 2.21. The van der Waals surface area contributed by atoms with E-state index < -0.39 is 0 Å². The van der Waals surface area contributed by atoms with Crippen LogP contribution in [0.2, 0.25) is 0 Å². The van der Waals surface area contributed by atoms with E-state index in [9.17, 15) is 0 Å². The van der Waals surface area contributed by atoms with Crippen molar-refractivity contribution in [2.75, 3.05) is 18.5 Å². The highest BCUT2D eigenvalue weighted by atomic mass is 15.1. The molecule has 0 spiro atoms. The highest BCUT2D eigenvalue weighted by molar-refractivity contribution is 5.52. The van der Waals surface area contributed by atoms with E-state index in [-0.39, 0.29) is 0 Å². The van der Waals surface area contributed by atoms with E-state index in [0.29, 0.717) is 0 Å². The second-order valence-corrected chi connectivity index (χ2v) is 5.33. The maximum Gasteiger partial charge on any atom is 0.0393 e. The third kappa shape index (κ3) is 5.57. The van der Waals surface area contributed by atoms with E-state index in [2.05, 4.69) is 50.1 Å². The molecule has 0 aliphatic carbocycles. The summed E-state index contributed by atoms with van der Waals surface area (Å²) in [5, 5.41) is 0. The average Bonchev–Trinajstić information content (AvgIpc) is 2.38. The maximum atomic E-state index is 2.39. The van der Waals surface area contributed by atoms with E-state index >= 15 is 0 Å². The second-order valence-electron chi connectivity index (χ2n) is 5.33. The molecule has 0 fully saturated rings. The Kier molecular flexibility index (Phi) is 7.55. The zero-order chi connectivity index (χ0) is 13.2. The van der Waals surface area contributed by atoms with Crippen LogP contribution in [0.25, 0.3) is 0 Å². The summed E-state index contributed by atoms with van der Waals surface area (Å²) >= 11 is 0. The Morgan fingerprint density at radius 2 is 1.50 bits per heavy atom. The Morgan fingerprint density at radius 3 is 2.17 bits per heavy atom. The topological polar surface area (TPSA) is 3.24 Å². The minimum Gasteiger partial charge on any atom is -0.374 e. The summed E-state index contributed by atoms with van der Waals surface area (Å²) in [6.07, 6.45) is 9.68. The van der Waals surface area contributed by atoms with Gasteiger partial charge in [0, 0.05) is 19.3 Å². The number of rotatable bonds is 9. The van der Waals surface area contributed by atoms with Crippen molar-refractivity contribution in [2.45, 2.75) is 58.8 Å². The van der Waals surface area contributed by atoms with Gasteiger partial charge in [0.1, 0.15) is 0 Å². The lowest BCUT2D eigenvalue weighted by atomic mass is 10.1. The highest BCUT2D eigenvalue weighted by Gasteiger charge is 2.02. The fourth-order valence-electron chi connectivity index (χ4n) is 2.42. The van der Waals surface area contributed by atoms with Gasteiger partial charge in [-0.15, -0.1) is 0 Å². The van der Waals surface area contributed by atoms with Gasteiger partial charge in [0.25, 0.3) is 0 Å². The van der Waals surface area contributed by atoms with Gasteiger partial charge in [-0.05, 0) is 25.0 Å². The minimum atomic E-state index is 1.18. The van der Waals surface area contributed by atoms with E-state index in [1.807, 2.05) is 0 Å². The van der Waals surface area contributed by atoms with Crippen molar-refractivity contribution in [1.29, 1.82) is 0 Å². The van der Waals surface area contributed by atoms with Crippen LogP contribution in [0.3, 0.4) is 0 Å². The van der Waals surface area contributed by atoms with Crippen molar-refractivity contribution in [3.63, 3.8) is 0 Å². The highest BCUT2D eigenvalue weighted by Crippen LogP contribution is 2.18. The lowest BCUT2D eigenvalue weighted by molar-refractivity contribution is 0.588. The predicted octanol–water partition coefficient (Wildman–Crippen LogP) is 5.18. The molecule has 102 valence electrons. The molecule has 0 saturated carbocycles. The number of anilines is 1. The van der Waals surface area contributed by atoms with Crippen LogP contribution in [0.4, 0.5) is 5.69 Å². The van der Waals surface area contributed by atoms with E-state index in [1.54, 1.807) is 0 Å². The van der Waals surface area contributed by atoms with Gasteiger partial charge in [-0.1, -0.05) is 63.6 Å². The lowest BCUT2D eigenvalue weighted by Gasteiger charge is -2.21. The van der Waals surface area contributed by atoms with Crippen molar-refractivity contribution in [1.82, 2.24) is 0 Å². The fourth-order valence-corrected chi connectivity index (χ4v) is 2.42. The van der Waals surface area contributed by atoms with Gasteiger partial charge in [-0.25, -0.2) is 0 Å². The molecule has 1 nitrogen and oxygen atoms in total. The van der Waals surface area contributed by atoms with Crippen molar-refractivity contribution < 1.29 is 0 Å². The Labute approximate surface area is 113 Å². The first-order valence-corrected chi connectivity index (χ1v) is 7.52. The predicted molar refractivity (Wildman–Crippen MR) is 82.4 cm³/mol. The van der Waals surface area contributed by atoms with Gasteiger partial charge in [-0.3, -0.25) is 0 Å². The molecule has 0 amide bonds. The molecule has 0 aromatic heterocycles. The summed E-state index contributed by atoms with van der Waals surface area (Å²) < 4.78 is 0. The zero-order valence-electron chi connectivity index (χ0n) is 12.4. The van der Waals surface area contributed by atoms with Crippen LogP contribution in [0, 0.1) is 6.92 Å². The normalized spacial score (nSPS) is 10.6. The van der Waals surface area contributed by atoms with Crippen LogP contribution in [-0.4, -0.2) is 13.6 Å². The number of aryl methyl sites for hydroxylation is 1. The molecule has 0 heterocycles. The molecule has 0 atom stereocenters. The van der Waals surface area contributed by atoms with Crippen LogP contribution in [-0.2, 0) is 0 Å². The van der Waals surface area contributed by atoms with Crippen LogP contribution in [0.5, 0.6) is 0 Å². The standard InChI is InChI=1S/C17H29N/c1-4-5-6-7-8-9-12-15-18(3)17-14-11-10-13-16(17)2/h10-11,13-14H,4-9,12,15H2,1-3H3. The summed E-state index contributed by atoms with van der Waals surface area (Å²) in [5.41, 5.74) is 2.76. The number of nitrogens with zero attached hydrogens (tertiary/aromatic N) is 1. The number of unbranched alkanes of at least 4 members (excludes halogenated alkanes) is 6. The average molecular weight is 247 g/mol. The summed E-state index contributed by atoms with van der Waals surface area (Å²) in [6.45, 7) is 5.65. The van der Waals surface area contributed by atoms with E-state index in [4.69, 9.17) is 0 Å². The largest absolute Gasteiger partial charge is 0.374 e. The van der Waals surface area contributed by atoms with E-state index in [0.717, 1.165) is 0 Å². The van der Waals surface area contributed by atoms with Gasteiger partial charge >= 0.3 is 0 Å². The van der Waals surface area contributed by atoms with Crippen LogP contribution in [0.15, 0.2) is 24.3 Å². The Morgan fingerprint density at radius 1 is 0.889 bits per heavy atom. The van der Waals surface area contributed by atoms with E-state index in [1.165, 1.54) is 62.7 Å². The minimum absolute atomic E-state index is 1.18. The number of benzene rings is 1. The molecular formula is C17H29N. The SMILES string of the molecule is CCCCCCCCCN(C)c1ccccc1C. The molecule has 1 rings (SSSR count). The molecule has 0 aliphatic heterocycles. The third-order valence-corrected chi connectivity index (χ3v) is 3.62. The van der Waals surface area contributed by atoms with Crippen molar-refractivity contribution >= 4 is 5.69 Å². The second kappa shape index (κ2) is 9.02. The number of para-hydroxylation sites is 1. The van der Waals surface area contributed by atoms with Gasteiger partial charge < -0.3 is 4.90 Å². The van der Waals surface area contributed by atoms with Crippen LogP contribution < -0.4 is 4.90 Å². The molecule has 0 unspecified atom stereocenters. The molecule has 18 heavy (non-hydrogen) atoms. The van der Waals surface area contributed by atoms with Crippen molar-refractivity contribution in [2.24, 2.45) is 0 Å². The van der Waals surface area contributed by atoms with Crippen molar-refractivity contribution in [3.8, 4) is 0 Å². The Hall–Kier alpha value is -0.980. The smallest absolute Gasteiger partial charge is 0.0393 e. The maximum absolute atomic E-state index is 2.39. The zero-order valence-corrected chi connectivity index (χ0v) is 12.4. The molecule has 1 aromatic carbocycles. The summed E-state index contributed by atoms with van der Waals surface area (Å²) in [6, 6.07) is 8.65. The first kappa shape index (κ1) is 15.1. The van der Waals surface area contributed by atoms with Gasteiger partial charge in [-0.2, -0.15) is 0 Å². The molecular weight excluding hydrogens is 218 g/mol. The van der Waals surface area contributed by atoms with Crippen LogP contribution in [0.1, 0.15) is 57.4 Å². The molecule has 0 aliphatic rings. The van der Waals surface area contributed by atoms with Gasteiger partial charge in [0.15, 0.2) is 0 Å². The van der Waals surface area contributed by atoms with Gasteiger partial charge in [0.05, 0.1) is 0 Å².